The normalized spacial score (nSPS) is 15.8. The van der Waals surface area contributed by atoms with Gasteiger partial charge in [0.2, 0.25) is 5.95 Å². The minimum absolute atomic E-state index is 0.0123. The van der Waals surface area contributed by atoms with Crippen LogP contribution in [-0.2, 0) is 11.3 Å². The fraction of sp³-hybridized carbons (Fsp3) is 0.700. The Hall–Kier alpha value is -1.24. The quantitative estimate of drug-likeness (QED) is 0.743. The van der Waals surface area contributed by atoms with Crippen LogP contribution in [-0.4, -0.2) is 31.6 Å². The summed E-state index contributed by atoms with van der Waals surface area (Å²) in [5.41, 5.74) is 5.72. The Bertz CT molecular complexity index is 403. The van der Waals surface area contributed by atoms with E-state index >= 15 is 0 Å². The molecule has 1 fully saturated rings. The number of hydrogen-bond acceptors (Lipinski definition) is 5. The lowest BCUT2D eigenvalue weighted by Crippen LogP contribution is -2.15. The second-order valence-electron chi connectivity index (χ2n) is 4.26. The van der Waals surface area contributed by atoms with Crippen molar-refractivity contribution in [2.45, 2.75) is 37.4 Å². The van der Waals surface area contributed by atoms with Gasteiger partial charge < -0.3 is 10.8 Å². The monoisotopic (exact) mass is 256 g/mol. The number of carboxylic acids is 1. The van der Waals surface area contributed by atoms with Crippen molar-refractivity contribution >= 4 is 23.7 Å². The Balaban J connectivity index is 1.93. The van der Waals surface area contributed by atoms with Gasteiger partial charge >= 0.3 is 5.97 Å². The summed E-state index contributed by atoms with van der Waals surface area (Å²) in [6.45, 7) is 0.783. The van der Waals surface area contributed by atoms with Crippen molar-refractivity contribution in [3.8, 4) is 0 Å². The molecule has 2 rings (SSSR count). The molecule has 1 saturated carbocycles. The third-order valence-corrected chi connectivity index (χ3v) is 4.01. The minimum atomic E-state index is -0.859. The number of carbonyl (C=O) groups is 1. The van der Waals surface area contributed by atoms with E-state index in [9.17, 15) is 4.79 Å². The summed E-state index contributed by atoms with van der Waals surface area (Å²) in [4.78, 5) is 10.5. The lowest BCUT2D eigenvalue weighted by atomic mass is 9.83. The first-order valence-electron chi connectivity index (χ1n) is 5.70. The zero-order valence-corrected chi connectivity index (χ0v) is 10.3. The van der Waals surface area contributed by atoms with Gasteiger partial charge in [-0.05, 0) is 12.3 Å². The molecule has 6 nitrogen and oxygen atoms in total. The van der Waals surface area contributed by atoms with Crippen LogP contribution in [0.2, 0.25) is 0 Å². The molecule has 1 aliphatic carbocycles. The number of nitrogens with zero attached hydrogens (tertiary/aromatic N) is 3. The highest BCUT2D eigenvalue weighted by Crippen LogP contribution is 2.30. The first kappa shape index (κ1) is 12.2. The predicted octanol–water partition coefficient (Wildman–Crippen LogP) is 1.23. The summed E-state index contributed by atoms with van der Waals surface area (Å²) in [6, 6.07) is 0. The summed E-state index contributed by atoms with van der Waals surface area (Å²) >= 11 is 1.16. The van der Waals surface area contributed by atoms with Gasteiger partial charge in [-0.2, -0.15) is 0 Å². The van der Waals surface area contributed by atoms with Crippen LogP contribution >= 0.6 is 11.8 Å². The van der Waals surface area contributed by atoms with Crippen molar-refractivity contribution in [2.75, 3.05) is 11.5 Å². The lowest BCUT2D eigenvalue weighted by molar-refractivity contribution is -0.133. The summed E-state index contributed by atoms with van der Waals surface area (Å²) in [5.74, 6) is 0.287. The SMILES string of the molecule is Nc1nnc(SCC(=O)O)n1CCC1CCC1. The van der Waals surface area contributed by atoms with Crippen LogP contribution in [0.5, 0.6) is 0 Å². The molecule has 0 aliphatic heterocycles. The average Bonchev–Trinajstić information content (AvgIpc) is 2.55. The molecule has 0 unspecified atom stereocenters. The molecule has 3 N–H and O–H groups in total. The molecule has 7 heteroatoms. The van der Waals surface area contributed by atoms with E-state index in [0.717, 1.165) is 30.6 Å². The average molecular weight is 256 g/mol. The van der Waals surface area contributed by atoms with Crippen LogP contribution in [0.4, 0.5) is 5.95 Å². The van der Waals surface area contributed by atoms with E-state index in [0.29, 0.717) is 11.1 Å². The highest BCUT2D eigenvalue weighted by Gasteiger charge is 2.19. The Labute approximate surface area is 104 Å². The summed E-state index contributed by atoms with van der Waals surface area (Å²) in [7, 11) is 0. The number of thioether (sulfide) groups is 1. The maximum atomic E-state index is 10.5. The first-order chi connectivity index (χ1) is 8.16. The summed E-state index contributed by atoms with van der Waals surface area (Å²) in [5, 5.41) is 16.9. The topological polar surface area (TPSA) is 94.0 Å². The van der Waals surface area contributed by atoms with Crippen LogP contribution in [0.1, 0.15) is 25.7 Å². The van der Waals surface area contributed by atoms with Crippen LogP contribution in [0.3, 0.4) is 0 Å². The number of anilines is 1. The molecular weight excluding hydrogens is 240 g/mol. The Morgan fingerprint density at radius 1 is 1.53 bits per heavy atom. The van der Waals surface area contributed by atoms with E-state index in [2.05, 4.69) is 10.2 Å². The third-order valence-electron chi connectivity index (χ3n) is 3.06. The molecule has 1 aromatic heterocycles. The summed E-state index contributed by atoms with van der Waals surface area (Å²) < 4.78 is 1.81. The third kappa shape index (κ3) is 3.12. The van der Waals surface area contributed by atoms with Gasteiger partial charge in [0, 0.05) is 6.54 Å². The largest absolute Gasteiger partial charge is 0.481 e. The number of nitrogen functional groups attached to an aromatic ring is 1. The second kappa shape index (κ2) is 5.39. The molecule has 1 aromatic rings. The van der Waals surface area contributed by atoms with Gasteiger partial charge in [0.1, 0.15) is 0 Å². The van der Waals surface area contributed by atoms with Gasteiger partial charge in [-0.3, -0.25) is 9.36 Å². The standard InChI is InChI=1S/C10H16N4O2S/c11-9-12-13-10(17-6-8(15)16)14(9)5-4-7-2-1-3-7/h7H,1-6H2,(H2,11,12)(H,15,16). The number of nitrogens with two attached hydrogens (primary N) is 1. The molecule has 0 aromatic carbocycles. The molecule has 0 saturated heterocycles. The smallest absolute Gasteiger partial charge is 0.313 e. The van der Waals surface area contributed by atoms with Crippen LogP contribution in [0.25, 0.3) is 0 Å². The van der Waals surface area contributed by atoms with Crippen molar-refractivity contribution in [1.82, 2.24) is 14.8 Å². The van der Waals surface area contributed by atoms with E-state index in [1.807, 2.05) is 4.57 Å². The summed E-state index contributed by atoms with van der Waals surface area (Å²) in [6.07, 6.45) is 4.98. The number of hydrogen-bond donors (Lipinski definition) is 2. The Kier molecular flexibility index (Phi) is 3.88. The van der Waals surface area contributed by atoms with Crippen molar-refractivity contribution in [3.63, 3.8) is 0 Å². The molecule has 0 spiro atoms. The zero-order chi connectivity index (χ0) is 12.3. The van der Waals surface area contributed by atoms with E-state index < -0.39 is 5.97 Å². The highest BCUT2D eigenvalue weighted by molar-refractivity contribution is 7.99. The van der Waals surface area contributed by atoms with Crippen LogP contribution in [0.15, 0.2) is 5.16 Å². The van der Waals surface area contributed by atoms with Gasteiger partial charge in [-0.1, -0.05) is 31.0 Å². The highest BCUT2D eigenvalue weighted by atomic mass is 32.2. The van der Waals surface area contributed by atoms with Crippen LogP contribution < -0.4 is 5.73 Å². The van der Waals surface area contributed by atoms with Gasteiger partial charge in [0.05, 0.1) is 5.75 Å². The van der Waals surface area contributed by atoms with E-state index in [-0.39, 0.29) is 5.75 Å². The number of aliphatic carboxylic acids is 1. The molecule has 94 valence electrons. The maximum absolute atomic E-state index is 10.5. The molecule has 0 bridgehead atoms. The Morgan fingerprint density at radius 2 is 2.29 bits per heavy atom. The fourth-order valence-electron chi connectivity index (χ4n) is 1.84. The van der Waals surface area contributed by atoms with Crippen molar-refractivity contribution < 1.29 is 9.90 Å². The van der Waals surface area contributed by atoms with Gasteiger partial charge in [0.25, 0.3) is 0 Å². The van der Waals surface area contributed by atoms with Crippen molar-refractivity contribution in [1.29, 1.82) is 0 Å². The maximum Gasteiger partial charge on any atom is 0.313 e. The molecule has 0 atom stereocenters. The van der Waals surface area contributed by atoms with E-state index in [1.54, 1.807) is 0 Å². The van der Waals surface area contributed by atoms with Gasteiger partial charge in [0.15, 0.2) is 5.16 Å². The number of carboxylic acid groups (broad SMARTS) is 1. The molecule has 0 radical (unpaired) electrons. The number of rotatable bonds is 6. The van der Waals surface area contributed by atoms with Gasteiger partial charge in [-0.25, -0.2) is 0 Å². The zero-order valence-electron chi connectivity index (χ0n) is 9.50. The van der Waals surface area contributed by atoms with Crippen molar-refractivity contribution in [2.24, 2.45) is 5.92 Å². The molecule has 1 heterocycles. The second-order valence-corrected chi connectivity index (χ2v) is 5.20. The minimum Gasteiger partial charge on any atom is -0.481 e. The molecular formula is C10H16N4O2S. The van der Waals surface area contributed by atoms with E-state index in [4.69, 9.17) is 10.8 Å². The Morgan fingerprint density at radius 3 is 2.88 bits per heavy atom. The van der Waals surface area contributed by atoms with Gasteiger partial charge in [-0.15, -0.1) is 10.2 Å². The first-order valence-corrected chi connectivity index (χ1v) is 6.68. The molecule has 1 aliphatic rings. The molecule has 0 amide bonds. The number of aromatic nitrogens is 3. The lowest BCUT2D eigenvalue weighted by Gasteiger charge is -2.25. The fourth-order valence-corrected chi connectivity index (χ4v) is 2.53. The predicted molar refractivity (Wildman–Crippen MR) is 64.8 cm³/mol. The van der Waals surface area contributed by atoms with Crippen molar-refractivity contribution in [3.05, 3.63) is 0 Å². The van der Waals surface area contributed by atoms with Crippen LogP contribution in [0, 0.1) is 5.92 Å². The van der Waals surface area contributed by atoms with E-state index in [1.165, 1.54) is 19.3 Å². The molecule has 17 heavy (non-hydrogen) atoms.